The van der Waals surface area contributed by atoms with Gasteiger partial charge in [-0.15, -0.1) is 0 Å². The number of aryl methyl sites for hydroxylation is 1. The number of benzene rings is 2. The molecule has 1 atom stereocenters. The van der Waals surface area contributed by atoms with Crippen molar-refractivity contribution in [1.29, 1.82) is 5.26 Å². The molecule has 0 spiro atoms. The van der Waals surface area contributed by atoms with Crippen LogP contribution in [0.1, 0.15) is 153 Å². The average molecular weight is 677 g/mol. The Morgan fingerprint density at radius 2 is 1.47 bits per heavy atom. The summed E-state index contributed by atoms with van der Waals surface area (Å²) in [4.78, 5) is 10.2. The van der Waals surface area contributed by atoms with Gasteiger partial charge in [0.25, 0.3) is 0 Å². The molecule has 3 rings (SSSR count). The van der Waals surface area contributed by atoms with Crippen molar-refractivity contribution in [2.75, 3.05) is 6.54 Å². The van der Waals surface area contributed by atoms with Crippen molar-refractivity contribution in [3.63, 3.8) is 0 Å². The summed E-state index contributed by atoms with van der Waals surface area (Å²) < 4.78 is 4.80. The monoisotopic (exact) mass is 677 g/mol. The molecular weight excluding hydrogens is 601 g/mol. The number of nitrogens with two attached hydrogens (primary N) is 1. The predicted molar refractivity (Wildman–Crippen MR) is 221 cm³/mol. The lowest BCUT2D eigenvalue weighted by Crippen LogP contribution is -2.21. The second-order valence-electron chi connectivity index (χ2n) is 11.6. The Morgan fingerprint density at radius 1 is 0.939 bits per heavy atom. The fourth-order valence-corrected chi connectivity index (χ4v) is 4.74. The zero-order valence-electron chi connectivity index (χ0n) is 35.1. The molecule has 0 heterocycles. The van der Waals surface area contributed by atoms with Gasteiger partial charge in [0.1, 0.15) is 5.60 Å². The lowest BCUT2D eigenvalue weighted by Gasteiger charge is -2.20. The highest BCUT2D eigenvalue weighted by atomic mass is 16.6. The molecule has 2 N–H and O–H groups in total. The normalized spacial score (nSPS) is 13.2. The molecule has 0 saturated carbocycles. The number of rotatable bonds is 6. The van der Waals surface area contributed by atoms with Crippen molar-refractivity contribution >= 4 is 11.5 Å². The molecule has 2 aromatic rings. The van der Waals surface area contributed by atoms with Gasteiger partial charge >= 0.3 is 5.97 Å². The van der Waals surface area contributed by atoms with Crippen molar-refractivity contribution in [1.82, 2.24) is 0 Å². The van der Waals surface area contributed by atoms with E-state index in [0.29, 0.717) is 5.92 Å². The fraction of sp³-hybridized carbons (Fsp3) is 0.556. The number of nitrogens with zero attached hydrogens (tertiary/aromatic N) is 1. The minimum absolute atomic E-state index is 0.225. The maximum Gasteiger partial charge on any atom is 0.303 e. The molecule has 0 saturated heterocycles. The highest BCUT2D eigenvalue weighted by Gasteiger charge is 2.16. The van der Waals surface area contributed by atoms with E-state index in [2.05, 4.69) is 88.4 Å². The first-order valence-electron chi connectivity index (χ1n) is 18.9. The molecule has 0 aliphatic heterocycles. The Morgan fingerprint density at radius 3 is 1.86 bits per heavy atom. The van der Waals surface area contributed by atoms with Crippen molar-refractivity contribution in [3.05, 3.63) is 88.5 Å². The van der Waals surface area contributed by atoms with Gasteiger partial charge in [-0.05, 0) is 104 Å². The second kappa shape index (κ2) is 31.8. The Hall–Kier alpha value is -3.42. The maximum absolute atomic E-state index is 10.2. The highest BCUT2D eigenvalue weighted by molar-refractivity contribution is 5.88. The van der Waals surface area contributed by atoms with Crippen LogP contribution in [0.5, 0.6) is 0 Å². The molecule has 4 heteroatoms. The van der Waals surface area contributed by atoms with Crippen LogP contribution in [-0.4, -0.2) is 18.1 Å². The van der Waals surface area contributed by atoms with Crippen molar-refractivity contribution < 1.29 is 9.53 Å². The summed E-state index contributed by atoms with van der Waals surface area (Å²) in [5.74, 6) is 0.946. The molecular formula is C45H76N2O2. The van der Waals surface area contributed by atoms with Crippen LogP contribution in [0.3, 0.4) is 0 Å². The van der Waals surface area contributed by atoms with E-state index in [1.165, 1.54) is 53.2 Å². The third kappa shape index (κ3) is 22.0. The van der Waals surface area contributed by atoms with Gasteiger partial charge in [-0.1, -0.05) is 151 Å². The standard InChI is InChI=1S/C29H33N.C6H12O2.C2H7N.4C2H6/c1-6-22(7-2)16-23-10-14-28(26-11-9-20(4)24(8-3)18-26)29(17-23)25-12-13-27(19-30)21(5)15-25;1-5(7)8-6(2,3)4;1-2-3;4*1-2/h8-15,17-18,20,22H,6-7,16H2,1-5H3;1-4H3;2-3H2,1H3;4*1-2H3/b24-8-;;;;;;. The molecule has 0 radical (unpaired) electrons. The second-order valence-corrected chi connectivity index (χ2v) is 11.6. The summed E-state index contributed by atoms with van der Waals surface area (Å²) in [6.45, 7) is 36.5. The van der Waals surface area contributed by atoms with E-state index in [1.807, 2.05) is 96.1 Å². The first-order chi connectivity index (χ1) is 23.3. The summed E-state index contributed by atoms with van der Waals surface area (Å²) in [7, 11) is 0. The first-order valence-corrected chi connectivity index (χ1v) is 18.9. The molecule has 0 bridgehead atoms. The van der Waals surface area contributed by atoms with Gasteiger partial charge in [-0.2, -0.15) is 5.26 Å². The molecule has 1 aliphatic rings. The highest BCUT2D eigenvalue weighted by Crippen LogP contribution is 2.36. The van der Waals surface area contributed by atoms with Crippen molar-refractivity contribution in [2.45, 2.75) is 149 Å². The van der Waals surface area contributed by atoms with Crippen LogP contribution in [0.15, 0.2) is 66.3 Å². The predicted octanol–water partition coefficient (Wildman–Crippen LogP) is 13.5. The van der Waals surface area contributed by atoms with Crippen LogP contribution < -0.4 is 5.73 Å². The molecule has 278 valence electrons. The SMILES string of the molecule is C/C=C1/C=C(c2ccc(CC(CC)CC)cc2-c2ccc(C#N)c(C)c2)C=CC1C.CC.CC.CC.CC.CC(=O)OC(C)(C)C.CCN. The van der Waals surface area contributed by atoms with Crippen LogP contribution in [0.2, 0.25) is 0 Å². The lowest BCUT2D eigenvalue weighted by molar-refractivity contribution is -0.151. The molecule has 49 heavy (non-hydrogen) atoms. The molecule has 0 amide bonds. The van der Waals surface area contributed by atoms with Gasteiger partial charge in [0.05, 0.1) is 11.6 Å². The largest absolute Gasteiger partial charge is 0.460 e. The third-order valence-corrected chi connectivity index (χ3v) is 6.93. The molecule has 0 fully saturated rings. The van der Waals surface area contributed by atoms with E-state index in [-0.39, 0.29) is 11.6 Å². The third-order valence-electron chi connectivity index (χ3n) is 6.93. The number of nitriles is 1. The Bertz CT molecular complexity index is 1270. The number of carbonyl (C=O) groups is 1. The number of esters is 1. The maximum atomic E-state index is 10.2. The van der Waals surface area contributed by atoms with Crippen molar-refractivity contribution in [2.24, 2.45) is 17.6 Å². The molecule has 1 aliphatic carbocycles. The van der Waals surface area contributed by atoms with Gasteiger partial charge in [-0.25, -0.2) is 0 Å². The topological polar surface area (TPSA) is 76.1 Å². The zero-order chi connectivity index (χ0) is 39.2. The quantitative estimate of drug-likeness (QED) is 0.309. The first kappa shape index (κ1) is 52.4. The summed E-state index contributed by atoms with van der Waals surface area (Å²) in [5.41, 5.74) is 14.0. The van der Waals surface area contributed by atoms with Crippen LogP contribution in [0, 0.1) is 30.1 Å². The summed E-state index contributed by atoms with van der Waals surface area (Å²) >= 11 is 0. The van der Waals surface area contributed by atoms with Crippen LogP contribution in [-0.2, 0) is 16.0 Å². The number of ether oxygens (including phenoxy) is 1. The van der Waals surface area contributed by atoms with E-state index >= 15 is 0 Å². The number of carbonyl (C=O) groups excluding carboxylic acids is 1. The van der Waals surface area contributed by atoms with Crippen LogP contribution in [0.4, 0.5) is 0 Å². The van der Waals surface area contributed by atoms with Gasteiger partial charge < -0.3 is 10.5 Å². The zero-order valence-corrected chi connectivity index (χ0v) is 35.1. The minimum atomic E-state index is -0.328. The van der Waals surface area contributed by atoms with Crippen LogP contribution in [0.25, 0.3) is 16.7 Å². The van der Waals surface area contributed by atoms with E-state index < -0.39 is 0 Å². The average Bonchev–Trinajstić information content (AvgIpc) is 3.10. The molecule has 2 aromatic carbocycles. The Kier molecular flexibility index (Phi) is 34.0. The Labute approximate surface area is 304 Å². The van der Waals surface area contributed by atoms with E-state index in [0.717, 1.165) is 30.0 Å². The van der Waals surface area contributed by atoms with Gasteiger partial charge in [0, 0.05) is 6.92 Å². The molecule has 1 unspecified atom stereocenters. The number of allylic oxidation sites excluding steroid dienone is 6. The lowest BCUT2D eigenvalue weighted by atomic mass is 9.84. The smallest absolute Gasteiger partial charge is 0.303 e. The fourth-order valence-electron chi connectivity index (χ4n) is 4.74. The minimum Gasteiger partial charge on any atom is -0.460 e. The van der Waals surface area contributed by atoms with Crippen LogP contribution >= 0.6 is 0 Å². The van der Waals surface area contributed by atoms with E-state index in [1.54, 1.807) is 0 Å². The summed E-state index contributed by atoms with van der Waals surface area (Å²) in [6.07, 6.45) is 12.6. The summed E-state index contributed by atoms with van der Waals surface area (Å²) in [6, 6.07) is 15.5. The Balaban J connectivity index is -0.000000446. The van der Waals surface area contributed by atoms with Gasteiger partial charge in [0.15, 0.2) is 0 Å². The molecule has 0 aromatic heterocycles. The van der Waals surface area contributed by atoms with Crippen molar-refractivity contribution in [3.8, 4) is 17.2 Å². The number of hydrogen-bond acceptors (Lipinski definition) is 4. The summed E-state index contributed by atoms with van der Waals surface area (Å²) in [5, 5.41) is 9.34. The number of hydrogen-bond donors (Lipinski definition) is 1. The van der Waals surface area contributed by atoms with E-state index in [4.69, 9.17) is 10.5 Å². The van der Waals surface area contributed by atoms with E-state index in [9.17, 15) is 10.1 Å². The van der Waals surface area contributed by atoms with Gasteiger partial charge in [0.2, 0.25) is 0 Å². The van der Waals surface area contributed by atoms with Gasteiger partial charge in [-0.3, -0.25) is 4.79 Å². The molecule has 4 nitrogen and oxygen atoms in total.